The molecule has 0 aliphatic carbocycles. The number of thioether (sulfide) groups is 1. The Hall–Kier alpha value is -2.69. The Kier molecular flexibility index (Phi) is 7.35. The first-order valence-corrected chi connectivity index (χ1v) is 12.5. The number of halogens is 2. The van der Waals surface area contributed by atoms with Gasteiger partial charge in [0.25, 0.3) is 5.91 Å². The molecule has 2 aromatic rings. The number of anilines is 1. The average molecular weight is 521 g/mol. The number of nitrogens with zero attached hydrogens (tertiary/aromatic N) is 2. The molecule has 11 heteroatoms. The van der Waals surface area contributed by atoms with Crippen molar-refractivity contribution in [1.29, 1.82) is 0 Å². The van der Waals surface area contributed by atoms with E-state index in [2.05, 4.69) is 15.6 Å². The van der Waals surface area contributed by atoms with E-state index in [9.17, 15) is 9.59 Å². The Balaban J connectivity index is 1.65. The Morgan fingerprint density at radius 2 is 2.06 bits per heavy atom. The number of aliphatic imine (C=N–C) groups is 1. The van der Waals surface area contributed by atoms with Gasteiger partial charge in [0.1, 0.15) is 17.1 Å². The zero-order valence-electron chi connectivity index (χ0n) is 19.6. The molecule has 2 atom stereocenters. The van der Waals surface area contributed by atoms with Crippen molar-refractivity contribution in [3.05, 3.63) is 58.6 Å². The molecule has 2 aliphatic heterocycles. The topological polar surface area (TPSA) is 102 Å². The number of fused-ring (bicyclic) bond motifs is 1. The van der Waals surface area contributed by atoms with E-state index in [0.29, 0.717) is 46.8 Å². The number of aromatic nitrogens is 1. The molecule has 186 valence electrons. The maximum atomic E-state index is 15.3. The van der Waals surface area contributed by atoms with Crippen molar-refractivity contribution in [1.82, 2.24) is 10.3 Å². The summed E-state index contributed by atoms with van der Waals surface area (Å²) in [6.07, 6.45) is 1.18. The highest BCUT2D eigenvalue weighted by Crippen LogP contribution is 2.46. The van der Waals surface area contributed by atoms with Crippen molar-refractivity contribution in [3.8, 4) is 0 Å². The monoisotopic (exact) mass is 520 g/mol. The van der Waals surface area contributed by atoms with Gasteiger partial charge >= 0.3 is 6.09 Å². The summed E-state index contributed by atoms with van der Waals surface area (Å²) in [5.41, 5.74) is -0.717. The number of rotatable bonds is 3. The van der Waals surface area contributed by atoms with Gasteiger partial charge in [0.2, 0.25) is 0 Å². The lowest BCUT2D eigenvalue weighted by molar-refractivity contribution is 0.00869. The number of amides is 2. The number of pyridine rings is 1. The van der Waals surface area contributed by atoms with Gasteiger partial charge in [-0.05, 0) is 51.1 Å². The van der Waals surface area contributed by atoms with Crippen LogP contribution in [-0.2, 0) is 15.0 Å². The Morgan fingerprint density at radius 1 is 1.26 bits per heavy atom. The standard InChI is InChI=1S/C24H26ClFN4O4S/c1-23(2,3)34-22(32)29-21-30-24(8-9-33-12-14(24)13-35-21)17-10-16(5-6-18(17)26)28-20(31)19-7-4-15(25)11-27-19/h4-7,10-11,14H,8-9,12-13H2,1-3H3,(H,28,31)(H,29,30,32)/t14?,24-/m0/s1. The van der Waals surface area contributed by atoms with Gasteiger partial charge in [-0.2, -0.15) is 0 Å². The molecule has 4 rings (SSSR count). The van der Waals surface area contributed by atoms with Gasteiger partial charge in [-0.3, -0.25) is 15.1 Å². The van der Waals surface area contributed by atoms with E-state index in [1.807, 2.05) is 0 Å². The normalized spacial score (nSPS) is 22.0. The molecular weight excluding hydrogens is 495 g/mol. The number of alkyl carbamates (subject to hydrolysis) is 1. The molecule has 3 heterocycles. The number of ether oxygens (including phenoxy) is 2. The van der Waals surface area contributed by atoms with Crippen LogP contribution in [0.2, 0.25) is 5.02 Å². The predicted molar refractivity (Wildman–Crippen MR) is 133 cm³/mol. The summed E-state index contributed by atoms with van der Waals surface area (Å²) in [6.45, 7) is 6.10. The summed E-state index contributed by atoms with van der Waals surface area (Å²) < 4.78 is 26.3. The molecule has 8 nitrogen and oxygen atoms in total. The van der Waals surface area contributed by atoms with E-state index in [-0.39, 0.29) is 11.6 Å². The predicted octanol–water partition coefficient (Wildman–Crippen LogP) is 4.99. The molecule has 1 unspecified atom stereocenters. The second kappa shape index (κ2) is 10.1. The highest BCUT2D eigenvalue weighted by molar-refractivity contribution is 8.13. The molecule has 2 aliphatic rings. The fourth-order valence-electron chi connectivity index (χ4n) is 4.03. The molecule has 2 N–H and O–H groups in total. The summed E-state index contributed by atoms with van der Waals surface area (Å²) in [6, 6.07) is 7.45. The summed E-state index contributed by atoms with van der Waals surface area (Å²) in [5.74, 6) is -0.454. The quantitative estimate of drug-likeness (QED) is 0.591. The number of carbonyl (C=O) groups is 2. The van der Waals surface area contributed by atoms with Gasteiger partial charge in [0.05, 0.1) is 17.2 Å². The van der Waals surface area contributed by atoms with E-state index < -0.39 is 29.0 Å². The maximum absolute atomic E-state index is 15.3. The number of benzene rings is 1. The molecule has 0 bridgehead atoms. The van der Waals surface area contributed by atoms with Gasteiger partial charge < -0.3 is 14.8 Å². The molecule has 1 saturated heterocycles. The van der Waals surface area contributed by atoms with Crippen molar-refractivity contribution >= 4 is 46.2 Å². The Labute approximate surface area is 212 Å². The van der Waals surface area contributed by atoms with Gasteiger partial charge in [-0.25, -0.2) is 14.2 Å². The number of carbonyl (C=O) groups excluding carboxylic acids is 2. The fourth-order valence-corrected chi connectivity index (χ4v) is 5.26. The molecular formula is C24H26ClFN4O4S. The van der Waals surface area contributed by atoms with Crippen molar-refractivity contribution < 1.29 is 23.5 Å². The first-order valence-electron chi connectivity index (χ1n) is 11.1. The van der Waals surface area contributed by atoms with Gasteiger partial charge in [-0.1, -0.05) is 23.4 Å². The third kappa shape index (κ3) is 5.94. The maximum Gasteiger partial charge on any atom is 0.413 e. The molecule has 2 amide bonds. The van der Waals surface area contributed by atoms with Crippen LogP contribution in [-0.4, -0.2) is 46.7 Å². The Bertz CT molecular complexity index is 1160. The van der Waals surface area contributed by atoms with Crippen LogP contribution in [0, 0.1) is 11.7 Å². The summed E-state index contributed by atoms with van der Waals surface area (Å²) >= 11 is 7.21. The van der Waals surface area contributed by atoms with Crippen molar-refractivity contribution in [2.75, 3.05) is 24.3 Å². The second-order valence-electron chi connectivity index (χ2n) is 9.31. The minimum Gasteiger partial charge on any atom is -0.444 e. The summed E-state index contributed by atoms with van der Waals surface area (Å²) in [7, 11) is 0. The Morgan fingerprint density at radius 3 is 2.77 bits per heavy atom. The number of hydrogen-bond donors (Lipinski definition) is 2. The molecule has 0 radical (unpaired) electrons. The van der Waals surface area contributed by atoms with E-state index in [1.54, 1.807) is 32.9 Å². The van der Waals surface area contributed by atoms with Gasteiger partial charge in [0, 0.05) is 42.1 Å². The highest BCUT2D eigenvalue weighted by Gasteiger charge is 2.47. The van der Waals surface area contributed by atoms with E-state index in [4.69, 9.17) is 26.1 Å². The van der Waals surface area contributed by atoms with E-state index >= 15 is 4.39 Å². The van der Waals surface area contributed by atoms with E-state index in [0.717, 1.165) is 0 Å². The minimum absolute atomic E-state index is 0.121. The second-order valence-corrected chi connectivity index (χ2v) is 10.8. The third-order valence-corrected chi connectivity index (χ3v) is 6.86. The number of hydrogen-bond acceptors (Lipinski definition) is 7. The van der Waals surface area contributed by atoms with Crippen LogP contribution in [0.15, 0.2) is 41.5 Å². The van der Waals surface area contributed by atoms with Crippen LogP contribution in [0.1, 0.15) is 43.2 Å². The van der Waals surface area contributed by atoms with Crippen LogP contribution in [0.3, 0.4) is 0 Å². The van der Waals surface area contributed by atoms with Crippen LogP contribution < -0.4 is 10.6 Å². The van der Waals surface area contributed by atoms with Crippen LogP contribution in [0.4, 0.5) is 14.9 Å². The zero-order chi connectivity index (χ0) is 25.2. The average Bonchev–Trinajstić information content (AvgIpc) is 2.79. The molecule has 0 spiro atoms. The first kappa shape index (κ1) is 25.4. The van der Waals surface area contributed by atoms with Gasteiger partial charge in [-0.15, -0.1) is 0 Å². The lowest BCUT2D eigenvalue weighted by Gasteiger charge is -2.44. The summed E-state index contributed by atoms with van der Waals surface area (Å²) in [4.78, 5) is 33.8. The van der Waals surface area contributed by atoms with Crippen LogP contribution >= 0.6 is 23.4 Å². The molecule has 1 aromatic heterocycles. The lowest BCUT2D eigenvalue weighted by Crippen LogP contribution is -2.48. The van der Waals surface area contributed by atoms with Crippen molar-refractivity contribution in [2.24, 2.45) is 10.9 Å². The molecule has 0 saturated carbocycles. The highest BCUT2D eigenvalue weighted by atomic mass is 35.5. The SMILES string of the molecule is CC(C)(C)OC(=O)NC1=N[C@@]2(c3cc(NC(=O)c4ccc(Cl)cn4)ccc3F)CCOCC2CS1. The largest absolute Gasteiger partial charge is 0.444 e. The molecule has 1 fully saturated rings. The molecule has 35 heavy (non-hydrogen) atoms. The van der Waals surface area contributed by atoms with Crippen LogP contribution in [0.5, 0.6) is 0 Å². The number of nitrogens with one attached hydrogen (secondary N) is 2. The smallest absolute Gasteiger partial charge is 0.413 e. The molecule has 1 aromatic carbocycles. The fraction of sp³-hybridized carbons (Fsp3) is 0.417. The van der Waals surface area contributed by atoms with Gasteiger partial charge in [0.15, 0.2) is 5.17 Å². The first-order chi connectivity index (χ1) is 16.6. The number of amidine groups is 1. The third-order valence-electron chi connectivity index (χ3n) is 5.60. The zero-order valence-corrected chi connectivity index (χ0v) is 21.1. The van der Waals surface area contributed by atoms with Crippen LogP contribution in [0.25, 0.3) is 0 Å². The van der Waals surface area contributed by atoms with Crippen molar-refractivity contribution in [3.63, 3.8) is 0 Å². The van der Waals surface area contributed by atoms with E-state index in [1.165, 1.54) is 36.2 Å². The lowest BCUT2D eigenvalue weighted by atomic mass is 9.75. The summed E-state index contributed by atoms with van der Waals surface area (Å²) in [5, 5.41) is 6.23. The van der Waals surface area contributed by atoms with Crippen molar-refractivity contribution in [2.45, 2.75) is 38.3 Å². The minimum atomic E-state index is -0.961.